The summed E-state index contributed by atoms with van der Waals surface area (Å²) in [5, 5.41) is 14.3. The minimum Gasteiger partial charge on any atom is -0.481 e. The second kappa shape index (κ2) is 6.14. The fourth-order valence-corrected chi connectivity index (χ4v) is 2.35. The van der Waals surface area contributed by atoms with Gasteiger partial charge in [0.1, 0.15) is 5.92 Å². The Morgan fingerprint density at radius 1 is 1.47 bits per heavy atom. The maximum atomic E-state index is 11.4. The van der Waals surface area contributed by atoms with Gasteiger partial charge in [0.2, 0.25) is 5.91 Å². The van der Waals surface area contributed by atoms with Crippen LogP contribution >= 0.6 is 11.3 Å². The number of amides is 1. The predicted molar refractivity (Wildman–Crippen MR) is 74.3 cm³/mol. The van der Waals surface area contributed by atoms with Crippen molar-refractivity contribution in [2.24, 2.45) is 5.92 Å². The number of hydrogen-bond donors (Lipinski definition) is 2. The first-order valence-electron chi connectivity index (χ1n) is 6.17. The van der Waals surface area contributed by atoms with Gasteiger partial charge in [-0.15, -0.1) is 11.3 Å². The number of nitrogens with zero attached hydrogens (tertiary/aromatic N) is 1. The van der Waals surface area contributed by atoms with Crippen molar-refractivity contribution in [3.05, 3.63) is 16.1 Å². The third kappa shape index (κ3) is 4.63. The largest absolute Gasteiger partial charge is 0.481 e. The molecule has 0 saturated carbocycles. The molecule has 0 aromatic carbocycles. The molecule has 1 aromatic heterocycles. The van der Waals surface area contributed by atoms with Crippen LogP contribution in [-0.2, 0) is 21.4 Å². The molecule has 1 rings (SSSR count). The zero-order chi connectivity index (χ0) is 14.6. The smallest absolute Gasteiger partial charge is 0.315 e. The highest BCUT2D eigenvalue weighted by molar-refractivity contribution is 7.09. The van der Waals surface area contributed by atoms with Gasteiger partial charge in [-0.1, -0.05) is 20.8 Å². The van der Waals surface area contributed by atoms with Crippen molar-refractivity contribution in [2.45, 2.75) is 39.5 Å². The molecule has 1 atom stereocenters. The molecular weight excluding hydrogens is 264 g/mol. The van der Waals surface area contributed by atoms with Gasteiger partial charge in [0.25, 0.3) is 0 Å². The molecule has 6 heteroatoms. The molecule has 0 aliphatic heterocycles. The Bertz CT molecular complexity index is 463. The molecule has 0 bridgehead atoms. The van der Waals surface area contributed by atoms with E-state index < -0.39 is 17.8 Å². The number of hydrogen-bond acceptors (Lipinski definition) is 4. The molecule has 0 saturated heterocycles. The summed E-state index contributed by atoms with van der Waals surface area (Å²) in [6, 6.07) is 0. The molecule has 1 aromatic rings. The van der Waals surface area contributed by atoms with Crippen LogP contribution in [0.15, 0.2) is 5.38 Å². The van der Waals surface area contributed by atoms with Crippen molar-refractivity contribution in [1.82, 2.24) is 10.3 Å². The first-order chi connectivity index (χ1) is 8.71. The molecule has 19 heavy (non-hydrogen) atoms. The van der Waals surface area contributed by atoms with Gasteiger partial charge < -0.3 is 10.4 Å². The number of aromatic nitrogens is 1. The SMILES string of the molecule is CC(C(=O)O)C(=O)NCCc1nc(C(C)(C)C)cs1. The van der Waals surface area contributed by atoms with Crippen molar-refractivity contribution in [3.63, 3.8) is 0 Å². The van der Waals surface area contributed by atoms with Crippen molar-refractivity contribution in [3.8, 4) is 0 Å². The summed E-state index contributed by atoms with van der Waals surface area (Å²) in [6.45, 7) is 8.08. The molecular formula is C13H20N2O3S. The van der Waals surface area contributed by atoms with Gasteiger partial charge in [0.15, 0.2) is 0 Å². The normalized spacial score (nSPS) is 13.1. The van der Waals surface area contributed by atoms with E-state index in [1.807, 2.05) is 5.38 Å². The van der Waals surface area contributed by atoms with E-state index in [-0.39, 0.29) is 5.41 Å². The van der Waals surface area contributed by atoms with E-state index in [9.17, 15) is 9.59 Å². The van der Waals surface area contributed by atoms with Crippen LogP contribution in [0.2, 0.25) is 0 Å². The van der Waals surface area contributed by atoms with Crippen molar-refractivity contribution < 1.29 is 14.7 Å². The van der Waals surface area contributed by atoms with E-state index in [1.165, 1.54) is 6.92 Å². The summed E-state index contributed by atoms with van der Waals surface area (Å²) in [5.74, 6) is -2.58. The summed E-state index contributed by atoms with van der Waals surface area (Å²) in [6.07, 6.45) is 0.624. The van der Waals surface area contributed by atoms with E-state index in [2.05, 4.69) is 31.1 Å². The van der Waals surface area contributed by atoms with Crippen LogP contribution < -0.4 is 5.32 Å². The van der Waals surface area contributed by atoms with Crippen molar-refractivity contribution >= 4 is 23.2 Å². The molecule has 0 fully saturated rings. The summed E-state index contributed by atoms with van der Waals surface area (Å²) in [4.78, 5) is 26.6. The van der Waals surface area contributed by atoms with Gasteiger partial charge >= 0.3 is 5.97 Å². The lowest BCUT2D eigenvalue weighted by Crippen LogP contribution is -2.34. The number of rotatable bonds is 5. The third-order valence-corrected chi connectivity index (χ3v) is 3.63. The number of aliphatic carboxylic acids is 1. The molecule has 0 radical (unpaired) electrons. The van der Waals surface area contributed by atoms with E-state index >= 15 is 0 Å². The van der Waals surface area contributed by atoms with Crippen LogP contribution in [0.5, 0.6) is 0 Å². The zero-order valence-corrected chi connectivity index (χ0v) is 12.5. The standard InChI is InChI=1S/C13H20N2O3S/c1-8(12(17)18)11(16)14-6-5-10-15-9(7-19-10)13(2,3)4/h7-8H,5-6H2,1-4H3,(H,14,16)(H,17,18). The quantitative estimate of drug-likeness (QED) is 0.808. The fraction of sp³-hybridized carbons (Fsp3) is 0.615. The number of nitrogens with one attached hydrogen (secondary N) is 1. The molecule has 1 unspecified atom stereocenters. The highest BCUT2D eigenvalue weighted by Gasteiger charge is 2.20. The van der Waals surface area contributed by atoms with Gasteiger partial charge in [-0.2, -0.15) is 0 Å². The maximum absolute atomic E-state index is 11.4. The minimum absolute atomic E-state index is 0.0236. The van der Waals surface area contributed by atoms with E-state index in [4.69, 9.17) is 5.11 Å². The highest BCUT2D eigenvalue weighted by atomic mass is 32.1. The Morgan fingerprint density at radius 2 is 2.11 bits per heavy atom. The van der Waals surface area contributed by atoms with Crippen LogP contribution in [0.3, 0.4) is 0 Å². The van der Waals surface area contributed by atoms with E-state index in [0.717, 1.165) is 10.7 Å². The summed E-state index contributed by atoms with van der Waals surface area (Å²) in [7, 11) is 0. The Hall–Kier alpha value is -1.43. The average Bonchev–Trinajstić information content (AvgIpc) is 2.76. The molecule has 0 aliphatic carbocycles. The first kappa shape index (κ1) is 15.6. The number of carboxylic acids is 1. The number of thiazole rings is 1. The molecule has 1 amide bonds. The van der Waals surface area contributed by atoms with E-state index in [1.54, 1.807) is 11.3 Å². The Morgan fingerprint density at radius 3 is 2.58 bits per heavy atom. The number of carbonyl (C=O) groups excluding carboxylic acids is 1. The lowest BCUT2D eigenvalue weighted by atomic mass is 9.93. The van der Waals surface area contributed by atoms with Crippen LogP contribution in [0, 0.1) is 5.92 Å². The summed E-state index contributed by atoms with van der Waals surface area (Å²) in [5.41, 5.74) is 1.06. The Balaban J connectivity index is 2.44. The topological polar surface area (TPSA) is 79.3 Å². The van der Waals surface area contributed by atoms with E-state index in [0.29, 0.717) is 13.0 Å². The van der Waals surface area contributed by atoms with Crippen LogP contribution in [0.1, 0.15) is 38.4 Å². The monoisotopic (exact) mass is 284 g/mol. The van der Waals surface area contributed by atoms with Gasteiger partial charge in [-0.05, 0) is 6.92 Å². The average molecular weight is 284 g/mol. The minimum atomic E-state index is -1.11. The zero-order valence-electron chi connectivity index (χ0n) is 11.7. The molecule has 0 aliphatic rings. The molecule has 2 N–H and O–H groups in total. The second-order valence-electron chi connectivity index (χ2n) is 5.48. The lowest BCUT2D eigenvalue weighted by Gasteiger charge is -2.14. The maximum Gasteiger partial charge on any atom is 0.315 e. The first-order valence-corrected chi connectivity index (χ1v) is 7.05. The van der Waals surface area contributed by atoms with Gasteiger partial charge in [0, 0.05) is 23.8 Å². The molecule has 1 heterocycles. The third-order valence-electron chi connectivity index (χ3n) is 2.72. The van der Waals surface area contributed by atoms with Crippen molar-refractivity contribution in [1.29, 1.82) is 0 Å². The Labute approximate surface area is 117 Å². The predicted octanol–water partition coefficient (Wildman–Crippen LogP) is 1.82. The molecule has 0 spiro atoms. The van der Waals surface area contributed by atoms with Crippen LogP contribution in [0.4, 0.5) is 0 Å². The Kier molecular flexibility index (Phi) is 5.05. The summed E-state index contributed by atoms with van der Waals surface area (Å²) >= 11 is 1.56. The molecule has 106 valence electrons. The fourth-order valence-electron chi connectivity index (χ4n) is 1.33. The second-order valence-corrected chi connectivity index (χ2v) is 6.42. The van der Waals surface area contributed by atoms with Crippen molar-refractivity contribution in [2.75, 3.05) is 6.54 Å². The number of carbonyl (C=O) groups is 2. The van der Waals surface area contributed by atoms with Gasteiger partial charge in [0.05, 0.1) is 10.7 Å². The highest BCUT2D eigenvalue weighted by Crippen LogP contribution is 2.23. The van der Waals surface area contributed by atoms with Crippen LogP contribution in [0.25, 0.3) is 0 Å². The van der Waals surface area contributed by atoms with Gasteiger partial charge in [-0.25, -0.2) is 4.98 Å². The molecule has 5 nitrogen and oxygen atoms in total. The summed E-state index contributed by atoms with van der Waals surface area (Å²) < 4.78 is 0. The van der Waals surface area contributed by atoms with Crippen LogP contribution in [-0.4, -0.2) is 28.5 Å². The van der Waals surface area contributed by atoms with Gasteiger partial charge in [-0.3, -0.25) is 9.59 Å². The lowest BCUT2D eigenvalue weighted by molar-refractivity contribution is -0.146. The number of carboxylic acid groups (broad SMARTS) is 1.